The number of hydrogen-bond acceptors (Lipinski definition) is 7. The van der Waals surface area contributed by atoms with Crippen LogP contribution in [0.5, 0.6) is 5.75 Å². The van der Waals surface area contributed by atoms with E-state index in [1.165, 1.54) is 23.7 Å². The molecule has 2 aromatic carbocycles. The third-order valence-electron chi connectivity index (χ3n) is 6.12. The Hall–Kier alpha value is -3.37. The molecule has 180 valence electrons. The number of aromatic nitrogens is 1. The van der Waals surface area contributed by atoms with E-state index in [0.29, 0.717) is 17.8 Å². The number of fused-ring (bicyclic) bond motifs is 2. The molecule has 35 heavy (non-hydrogen) atoms. The second-order valence-electron chi connectivity index (χ2n) is 8.23. The van der Waals surface area contributed by atoms with Crippen molar-refractivity contribution < 1.29 is 22.7 Å². The Labute approximate surface area is 208 Å². The van der Waals surface area contributed by atoms with Gasteiger partial charge >= 0.3 is 0 Å². The molecule has 0 aliphatic carbocycles. The zero-order valence-corrected chi connectivity index (χ0v) is 20.8. The number of anilines is 1. The van der Waals surface area contributed by atoms with E-state index in [2.05, 4.69) is 4.98 Å². The van der Waals surface area contributed by atoms with Gasteiger partial charge in [0, 0.05) is 22.9 Å². The third kappa shape index (κ3) is 3.96. The second kappa shape index (κ2) is 9.01. The fraction of sp³-hybridized carbons (Fsp3) is 0.240. The predicted octanol–water partition coefficient (Wildman–Crippen LogP) is 3.97. The Bertz CT molecular complexity index is 1410. The first-order valence-electron chi connectivity index (χ1n) is 11.1. The lowest BCUT2D eigenvalue weighted by Crippen LogP contribution is -2.39. The summed E-state index contributed by atoms with van der Waals surface area (Å²) < 4.78 is 34.8. The molecule has 5 rings (SSSR count). The van der Waals surface area contributed by atoms with Crippen molar-refractivity contribution >= 4 is 39.3 Å². The zero-order chi connectivity index (χ0) is 24.7. The van der Waals surface area contributed by atoms with Crippen molar-refractivity contribution in [2.75, 3.05) is 18.0 Å². The van der Waals surface area contributed by atoms with Crippen LogP contribution in [0, 0.1) is 0 Å². The van der Waals surface area contributed by atoms with E-state index in [1.807, 2.05) is 25.1 Å². The maximum Gasteiger partial charge on any atom is 0.280 e. The molecule has 0 unspecified atom stereocenters. The number of ether oxygens (including phenoxy) is 1. The standard InChI is InChI=1S/C25H23N3O5S2/c1-3-17-15-28(19-8-4-5-9-21(19)34-17)35(31,32)22-13-16(10-11-20(22)33-2)14-27-24(29)18-7-6-12-26-23(18)25(27)30/h4-13,17H,3,14-15H2,1-2H3/t17-/m0/s1. The number of para-hydroxylation sites is 1. The summed E-state index contributed by atoms with van der Waals surface area (Å²) in [5.74, 6) is -0.758. The summed E-state index contributed by atoms with van der Waals surface area (Å²) in [6, 6.07) is 15.3. The maximum absolute atomic E-state index is 14.0. The first-order chi connectivity index (χ1) is 16.8. The van der Waals surface area contributed by atoms with Crippen LogP contribution in [0.4, 0.5) is 5.69 Å². The second-order valence-corrected chi connectivity index (χ2v) is 11.4. The van der Waals surface area contributed by atoms with E-state index in [9.17, 15) is 18.0 Å². The molecule has 0 fully saturated rings. The molecular weight excluding hydrogens is 486 g/mol. The van der Waals surface area contributed by atoms with Crippen LogP contribution in [0.25, 0.3) is 0 Å². The van der Waals surface area contributed by atoms with Crippen molar-refractivity contribution in [3.8, 4) is 5.75 Å². The molecule has 2 aliphatic heterocycles. The van der Waals surface area contributed by atoms with E-state index in [0.717, 1.165) is 16.2 Å². The summed E-state index contributed by atoms with van der Waals surface area (Å²) in [5, 5.41) is 0.111. The molecule has 3 aromatic rings. The van der Waals surface area contributed by atoms with Crippen molar-refractivity contribution in [1.29, 1.82) is 0 Å². The van der Waals surface area contributed by atoms with Gasteiger partial charge in [0.15, 0.2) is 0 Å². The van der Waals surface area contributed by atoms with E-state index in [-0.39, 0.29) is 33.7 Å². The molecule has 2 amide bonds. The van der Waals surface area contributed by atoms with E-state index in [1.54, 1.807) is 42.1 Å². The molecule has 0 saturated heterocycles. The minimum absolute atomic E-state index is 0.0104. The molecule has 0 spiro atoms. The highest BCUT2D eigenvalue weighted by atomic mass is 32.2. The first kappa shape index (κ1) is 23.4. The molecule has 0 radical (unpaired) electrons. The Kier molecular flexibility index (Phi) is 6.02. The minimum atomic E-state index is -4.00. The summed E-state index contributed by atoms with van der Waals surface area (Å²) in [6.07, 6.45) is 2.28. The van der Waals surface area contributed by atoms with Gasteiger partial charge < -0.3 is 4.74 Å². The van der Waals surface area contributed by atoms with Crippen LogP contribution in [0.15, 0.2) is 70.6 Å². The van der Waals surface area contributed by atoms with Crippen molar-refractivity contribution in [2.45, 2.75) is 34.9 Å². The van der Waals surface area contributed by atoms with Crippen LogP contribution in [0.1, 0.15) is 39.8 Å². The highest BCUT2D eigenvalue weighted by Crippen LogP contribution is 2.43. The highest BCUT2D eigenvalue weighted by Gasteiger charge is 2.38. The van der Waals surface area contributed by atoms with Crippen LogP contribution in [-0.4, -0.2) is 49.0 Å². The van der Waals surface area contributed by atoms with Gasteiger partial charge in [-0.3, -0.25) is 23.8 Å². The number of carbonyl (C=O) groups excluding carboxylic acids is 2. The van der Waals surface area contributed by atoms with Gasteiger partial charge in [0.05, 0.1) is 24.9 Å². The molecule has 0 N–H and O–H groups in total. The molecule has 1 atom stereocenters. The fourth-order valence-corrected chi connectivity index (χ4v) is 7.38. The summed E-state index contributed by atoms with van der Waals surface area (Å²) in [6.45, 7) is 2.29. The lowest BCUT2D eigenvalue weighted by Gasteiger charge is -2.34. The maximum atomic E-state index is 14.0. The van der Waals surface area contributed by atoms with Crippen molar-refractivity contribution in [2.24, 2.45) is 0 Å². The van der Waals surface area contributed by atoms with E-state index < -0.39 is 21.8 Å². The lowest BCUT2D eigenvalue weighted by atomic mass is 10.2. The fourth-order valence-electron chi connectivity index (χ4n) is 4.28. The average molecular weight is 510 g/mol. The first-order valence-corrected chi connectivity index (χ1v) is 13.4. The number of hydrogen-bond donors (Lipinski definition) is 0. The summed E-state index contributed by atoms with van der Waals surface area (Å²) in [7, 11) is -2.59. The van der Waals surface area contributed by atoms with E-state index in [4.69, 9.17) is 4.74 Å². The van der Waals surface area contributed by atoms with Gasteiger partial charge in [-0.25, -0.2) is 8.42 Å². The smallest absolute Gasteiger partial charge is 0.280 e. The number of thioether (sulfide) groups is 1. The zero-order valence-electron chi connectivity index (χ0n) is 19.2. The Balaban J connectivity index is 1.53. The molecule has 10 heteroatoms. The van der Waals surface area contributed by atoms with Crippen molar-refractivity contribution in [1.82, 2.24) is 9.88 Å². The van der Waals surface area contributed by atoms with Gasteiger partial charge in [0.2, 0.25) is 0 Å². The average Bonchev–Trinajstić information content (AvgIpc) is 3.12. The Morgan fingerprint density at radius 1 is 1.09 bits per heavy atom. The number of rotatable bonds is 6. The van der Waals surface area contributed by atoms with Crippen LogP contribution >= 0.6 is 11.8 Å². The molecule has 0 saturated carbocycles. The lowest BCUT2D eigenvalue weighted by molar-refractivity contribution is 0.0640. The molecule has 8 nitrogen and oxygen atoms in total. The van der Waals surface area contributed by atoms with Crippen LogP contribution in [0.3, 0.4) is 0 Å². The van der Waals surface area contributed by atoms with Gasteiger partial charge in [-0.2, -0.15) is 0 Å². The SMILES string of the molecule is CC[C@H]1CN(S(=O)(=O)c2cc(CN3C(=O)c4cccnc4C3=O)ccc2OC)c2ccccc2S1. The highest BCUT2D eigenvalue weighted by molar-refractivity contribution is 8.00. The van der Waals surface area contributed by atoms with Crippen molar-refractivity contribution in [3.63, 3.8) is 0 Å². The van der Waals surface area contributed by atoms with Gasteiger partial charge in [-0.05, 0) is 48.4 Å². The monoisotopic (exact) mass is 509 g/mol. The number of amides is 2. The molecule has 2 aliphatic rings. The van der Waals surface area contributed by atoms with Crippen molar-refractivity contribution in [3.05, 3.63) is 77.6 Å². The van der Waals surface area contributed by atoms with Gasteiger partial charge in [0.25, 0.3) is 21.8 Å². The predicted molar refractivity (Wildman–Crippen MR) is 132 cm³/mol. The van der Waals surface area contributed by atoms with E-state index >= 15 is 0 Å². The van der Waals surface area contributed by atoms with Crippen LogP contribution in [-0.2, 0) is 16.6 Å². The van der Waals surface area contributed by atoms with Crippen LogP contribution < -0.4 is 9.04 Å². The largest absolute Gasteiger partial charge is 0.495 e. The number of carbonyl (C=O) groups is 2. The van der Waals surface area contributed by atoms with Gasteiger partial charge in [-0.15, -0.1) is 11.8 Å². The molecule has 0 bridgehead atoms. The quantitative estimate of drug-likeness (QED) is 0.464. The molecule has 1 aromatic heterocycles. The number of pyridine rings is 1. The number of nitrogens with zero attached hydrogens (tertiary/aromatic N) is 3. The minimum Gasteiger partial charge on any atom is -0.495 e. The van der Waals surface area contributed by atoms with Crippen LogP contribution in [0.2, 0.25) is 0 Å². The third-order valence-corrected chi connectivity index (χ3v) is 9.34. The summed E-state index contributed by atoms with van der Waals surface area (Å²) in [4.78, 5) is 31.5. The summed E-state index contributed by atoms with van der Waals surface area (Å²) >= 11 is 1.68. The van der Waals surface area contributed by atoms with Gasteiger partial charge in [0.1, 0.15) is 16.3 Å². The topological polar surface area (TPSA) is 96.9 Å². The molecule has 3 heterocycles. The Morgan fingerprint density at radius 3 is 2.63 bits per heavy atom. The molecular formula is C25H23N3O5S2. The number of methoxy groups -OCH3 is 1. The Morgan fingerprint density at radius 2 is 1.89 bits per heavy atom. The number of benzene rings is 2. The normalized spacial score (nSPS) is 17.4. The summed E-state index contributed by atoms with van der Waals surface area (Å²) in [5.41, 5.74) is 1.46. The number of sulfonamides is 1. The van der Waals surface area contributed by atoms with Gasteiger partial charge in [-0.1, -0.05) is 25.1 Å². The number of imide groups is 1.